The number of hydrogen-bond acceptors (Lipinski definition) is 4. The van der Waals surface area contributed by atoms with E-state index >= 15 is 0 Å². The molecular weight excluding hydrogens is 322 g/mol. The zero-order valence-electron chi connectivity index (χ0n) is 14.1. The first kappa shape index (κ1) is 17.2. The van der Waals surface area contributed by atoms with Crippen molar-refractivity contribution in [2.24, 2.45) is 0 Å². The highest BCUT2D eigenvalue weighted by molar-refractivity contribution is 5.88. The third-order valence-electron chi connectivity index (χ3n) is 4.34. The van der Waals surface area contributed by atoms with Crippen LogP contribution in [0.25, 0.3) is 5.69 Å². The standard InChI is InChI=1S/C19H21NO5/c1-13-9-10-20(18(21)17(13)19(22)23)14-5-7-15(8-6-14)25-12-16-4-2-3-11-24-16/h5-10,16H,2-4,11-12H2,1H3,(H,22,23). The molecule has 6 nitrogen and oxygen atoms in total. The van der Waals surface area contributed by atoms with Gasteiger partial charge in [-0.3, -0.25) is 9.36 Å². The molecule has 0 spiro atoms. The second-order valence-corrected chi connectivity index (χ2v) is 6.15. The summed E-state index contributed by atoms with van der Waals surface area (Å²) < 4.78 is 12.7. The molecule has 1 fully saturated rings. The van der Waals surface area contributed by atoms with Gasteiger partial charge in [-0.15, -0.1) is 0 Å². The smallest absolute Gasteiger partial charge is 0.341 e. The summed E-state index contributed by atoms with van der Waals surface area (Å²) >= 11 is 0. The van der Waals surface area contributed by atoms with E-state index in [0.717, 1.165) is 25.9 Å². The predicted octanol–water partition coefficient (Wildman–Crippen LogP) is 2.79. The highest BCUT2D eigenvalue weighted by Gasteiger charge is 2.16. The second kappa shape index (κ2) is 7.53. The largest absolute Gasteiger partial charge is 0.491 e. The summed E-state index contributed by atoms with van der Waals surface area (Å²) in [5, 5.41) is 9.21. The molecule has 1 aromatic heterocycles. The van der Waals surface area contributed by atoms with E-state index in [4.69, 9.17) is 9.47 Å². The first-order valence-corrected chi connectivity index (χ1v) is 8.36. The number of carboxylic acids is 1. The lowest BCUT2D eigenvalue weighted by Crippen LogP contribution is -2.26. The minimum absolute atomic E-state index is 0.131. The molecule has 1 saturated heterocycles. The van der Waals surface area contributed by atoms with Crippen molar-refractivity contribution in [1.29, 1.82) is 0 Å². The molecule has 2 heterocycles. The minimum Gasteiger partial charge on any atom is -0.491 e. The van der Waals surface area contributed by atoms with E-state index in [2.05, 4.69) is 0 Å². The maximum Gasteiger partial charge on any atom is 0.341 e. The number of nitrogens with zero attached hydrogens (tertiary/aromatic N) is 1. The van der Waals surface area contributed by atoms with Crippen LogP contribution in [0, 0.1) is 6.92 Å². The molecule has 6 heteroatoms. The number of carboxylic acid groups (broad SMARTS) is 1. The summed E-state index contributed by atoms with van der Waals surface area (Å²) in [6.07, 6.45) is 4.99. The second-order valence-electron chi connectivity index (χ2n) is 6.15. The van der Waals surface area contributed by atoms with E-state index in [0.29, 0.717) is 23.6 Å². The van der Waals surface area contributed by atoms with Crippen LogP contribution in [0.2, 0.25) is 0 Å². The first-order valence-electron chi connectivity index (χ1n) is 8.36. The van der Waals surface area contributed by atoms with Gasteiger partial charge in [0, 0.05) is 18.5 Å². The van der Waals surface area contributed by atoms with E-state index in [1.54, 1.807) is 43.5 Å². The summed E-state index contributed by atoms with van der Waals surface area (Å²) in [6, 6.07) is 8.63. The fraction of sp³-hybridized carbons (Fsp3) is 0.368. The van der Waals surface area contributed by atoms with Crippen molar-refractivity contribution in [3.63, 3.8) is 0 Å². The summed E-state index contributed by atoms with van der Waals surface area (Å²) in [5.74, 6) is -0.527. The van der Waals surface area contributed by atoms with Crippen molar-refractivity contribution in [3.8, 4) is 11.4 Å². The number of benzene rings is 1. The fourth-order valence-corrected chi connectivity index (χ4v) is 2.92. The zero-order chi connectivity index (χ0) is 17.8. The van der Waals surface area contributed by atoms with Crippen molar-refractivity contribution >= 4 is 5.97 Å². The number of rotatable bonds is 5. The van der Waals surface area contributed by atoms with Crippen molar-refractivity contribution in [3.05, 3.63) is 58.0 Å². The SMILES string of the molecule is Cc1ccn(-c2ccc(OCC3CCCCO3)cc2)c(=O)c1C(=O)O. The van der Waals surface area contributed by atoms with Gasteiger partial charge in [-0.1, -0.05) is 0 Å². The highest BCUT2D eigenvalue weighted by Crippen LogP contribution is 2.18. The van der Waals surface area contributed by atoms with Crippen LogP contribution in [-0.2, 0) is 4.74 Å². The summed E-state index contributed by atoms with van der Waals surface area (Å²) in [6.45, 7) is 2.90. The molecule has 132 valence electrons. The lowest BCUT2D eigenvalue weighted by molar-refractivity contribution is -0.0110. The number of carbonyl (C=O) groups is 1. The molecule has 0 aliphatic carbocycles. The summed E-state index contributed by atoms with van der Waals surface area (Å²) in [7, 11) is 0. The molecule has 1 aliphatic rings. The molecular formula is C19H21NO5. The van der Waals surface area contributed by atoms with Crippen LogP contribution in [0.5, 0.6) is 5.75 Å². The van der Waals surface area contributed by atoms with E-state index in [-0.39, 0.29) is 11.7 Å². The van der Waals surface area contributed by atoms with E-state index in [1.807, 2.05) is 0 Å². The van der Waals surface area contributed by atoms with Crippen molar-refractivity contribution in [2.45, 2.75) is 32.3 Å². The fourth-order valence-electron chi connectivity index (χ4n) is 2.92. The van der Waals surface area contributed by atoms with E-state index < -0.39 is 11.5 Å². The topological polar surface area (TPSA) is 77.8 Å². The molecule has 2 aromatic rings. The van der Waals surface area contributed by atoms with Gasteiger partial charge >= 0.3 is 5.97 Å². The Hall–Kier alpha value is -2.60. The Balaban J connectivity index is 1.75. The summed E-state index contributed by atoms with van der Waals surface area (Å²) in [4.78, 5) is 23.7. The Bertz CT molecular complexity index is 804. The van der Waals surface area contributed by atoms with Crippen LogP contribution in [0.15, 0.2) is 41.3 Å². The molecule has 0 saturated carbocycles. The number of pyridine rings is 1. The Morgan fingerprint density at radius 1 is 1.28 bits per heavy atom. The van der Waals surface area contributed by atoms with Crippen LogP contribution < -0.4 is 10.3 Å². The van der Waals surface area contributed by atoms with Gasteiger partial charge in [-0.05, 0) is 62.1 Å². The van der Waals surface area contributed by atoms with Gasteiger partial charge in [-0.2, -0.15) is 0 Å². The number of ether oxygens (including phenoxy) is 2. The van der Waals surface area contributed by atoms with Crippen molar-refractivity contribution in [1.82, 2.24) is 4.57 Å². The number of hydrogen-bond donors (Lipinski definition) is 1. The molecule has 1 atom stereocenters. The normalized spacial score (nSPS) is 17.2. The third-order valence-corrected chi connectivity index (χ3v) is 4.34. The van der Waals surface area contributed by atoms with Crippen LogP contribution in [0.3, 0.4) is 0 Å². The summed E-state index contributed by atoms with van der Waals surface area (Å²) in [5.41, 5.74) is 0.281. The predicted molar refractivity (Wildman–Crippen MR) is 92.8 cm³/mol. The lowest BCUT2D eigenvalue weighted by Gasteiger charge is -2.22. The Labute approximate surface area is 145 Å². The molecule has 1 N–H and O–H groups in total. The van der Waals surface area contributed by atoms with Gasteiger partial charge in [0.1, 0.15) is 17.9 Å². The number of aromatic carboxylic acids is 1. The van der Waals surface area contributed by atoms with Gasteiger partial charge in [0.25, 0.3) is 5.56 Å². The van der Waals surface area contributed by atoms with E-state index in [9.17, 15) is 14.7 Å². The van der Waals surface area contributed by atoms with Crippen LogP contribution in [-0.4, -0.2) is 35.0 Å². The van der Waals surface area contributed by atoms with Crippen molar-refractivity contribution < 1.29 is 19.4 Å². The zero-order valence-corrected chi connectivity index (χ0v) is 14.1. The average Bonchev–Trinajstić information content (AvgIpc) is 2.61. The van der Waals surface area contributed by atoms with Gasteiger partial charge in [0.05, 0.1) is 6.10 Å². The monoisotopic (exact) mass is 343 g/mol. The molecule has 1 aromatic carbocycles. The molecule has 0 radical (unpaired) electrons. The van der Waals surface area contributed by atoms with E-state index in [1.165, 1.54) is 4.57 Å². The Kier molecular flexibility index (Phi) is 5.19. The quantitative estimate of drug-likeness (QED) is 0.903. The average molecular weight is 343 g/mol. The Morgan fingerprint density at radius 2 is 2.04 bits per heavy atom. The third kappa shape index (κ3) is 3.91. The van der Waals surface area contributed by atoms with Crippen LogP contribution in [0.1, 0.15) is 35.2 Å². The van der Waals surface area contributed by atoms with Gasteiger partial charge in [0.15, 0.2) is 0 Å². The van der Waals surface area contributed by atoms with Crippen molar-refractivity contribution in [2.75, 3.05) is 13.2 Å². The molecule has 25 heavy (non-hydrogen) atoms. The molecule has 1 aliphatic heterocycles. The number of aryl methyl sites for hydroxylation is 1. The highest BCUT2D eigenvalue weighted by atomic mass is 16.5. The molecule has 1 unspecified atom stereocenters. The van der Waals surface area contributed by atoms with Gasteiger partial charge in [0.2, 0.25) is 0 Å². The van der Waals surface area contributed by atoms with Crippen LogP contribution in [0.4, 0.5) is 0 Å². The minimum atomic E-state index is -1.22. The van der Waals surface area contributed by atoms with Gasteiger partial charge in [-0.25, -0.2) is 4.79 Å². The first-order chi connectivity index (χ1) is 12.1. The molecule has 0 bridgehead atoms. The Morgan fingerprint density at radius 3 is 2.68 bits per heavy atom. The van der Waals surface area contributed by atoms with Gasteiger partial charge < -0.3 is 14.6 Å². The van der Waals surface area contributed by atoms with Crippen LogP contribution >= 0.6 is 0 Å². The lowest BCUT2D eigenvalue weighted by atomic mass is 10.1. The molecule has 0 amide bonds. The maximum absolute atomic E-state index is 12.4. The maximum atomic E-state index is 12.4. The number of aromatic nitrogens is 1. The molecule has 3 rings (SSSR count).